The molecule has 1 aliphatic carbocycles. The molecule has 0 aromatic heterocycles. The summed E-state index contributed by atoms with van der Waals surface area (Å²) in [4.78, 5) is 25.8. The van der Waals surface area contributed by atoms with Crippen LogP contribution in [0.1, 0.15) is 38.2 Å². The topological polar surface area (TPSA) is 83.6 Å². The third-order valence-electron chi connectivity index (χ3n) is 6.42. The Morgan fingerprint density at radius 1 is 1.11 bits per heavy atom. The van der Waals surface area contributed by atoms with Crippen LogP contribution in [-0.2, 0) is 26.2 Å². The van der Waals surface area contributed by atoms with Crippen LogP contribution in [0.3, 0.4) is 0 Å². The highest BCUT2D eigenvalue weighted by atomic mass is 35.5. The van der Waals surface area contributed by atoms with Gasteiger partial charge in [0.2, 0.25) is 5.91 Å². The van der Waals surface area contributed by atoms with E-state index in [1.54, 1.807) is 27.8 Å². The number of nitrogens with zero attached hydrogens (tertiary/aromatic N) is 1. The zero-order chi connectivity index (χ0) is 27.1. The Kier molecular flexibility index (Phi) is 7.47. The molecule has 2 aliphatic rings. The van der Waals surface area contributed by atoms with E-state index in [0.29, 0.717) is 22.0 Å². The number of nitrogens with one attached hydrogen (secondary N) is 1. The standard InChI is InChI=1S/C25H21Cl2F3N2O4S/c1-25-8-2-3-15(24(25)32(23(34)12-25)13-14-4-6-16(26)17(27)9-14)5-7-22(33)31-37(35,36)21-11-19(29)18(28)10-20(21)30/h4-7,9-11H,2-3,8,12-13H2,1H3,(H,31,33)/b7-5+. The molecule has 1 saturated heterocycles. The zero-order valence-corrected chi connectivity index (χ0v) is 21.8. The molecular formula is C25H21Cl2F3N2O4S. The largest absolute Gasteiger partial charge is 0.311 e. The van der Waals surface area contributed by atoms with E-state index in [1.807, 2.05) is 6.92 Å². The Morgan fingerprint density at radius 2 is 1.81 bits per heavy atom. The van der Waals surface area contributed by atoms with E-state index in [9.17, 15) is 31.2 Å². The lowest BCUT2D eigenvalue weighted by molar-refractivity contribution is -0.127. The van der Waals surface area contributed by atoms with Crippen molar-refractivity contribution >= 4 is 45.0 Å². The minimum absolute atomic E-state index is 0.0825. The lowest BCUT2D eigenvalue weighted by atomic mass is 9.74. The first-order valence-electron chi connectivity index (χ1n) is 11.2. The zero-order valence-electron chi connectivity index (χ0n) is 19.5. The molecule has 0 radical (unpaired) electrons. The number of allylic oxidation sites excluding steroid dienone is 3. The van der Waals surface area contributed by atoms with Gasteiger partial charge < -0.3 is 4.90 Å². The van der Waals surface area contributed by atoms with Gasteiger partial charge in [0.1, 0.15) is 10.7 Å². The fraction of sp³-hybridized carbons (Fsp3) is 0.280. The van der Waals surface area contributed by atoms with Crippen molar-refractivity contribution in [1.29, 1.82) is 0 Å². The number of halogens is 5. The molecule has 2 amide bonds. The fourth-order valence-electron chi connectivity index (χ4n) is 4.78. The number of rotatable bonds is 6. The molecule has 2 aromatic rings. The van der Waals surface area contributed by atoms with Gasteiger partial charge in [-0.15, -0.1) is 0 Å². The van der Waals surface area contributed by atoms with Crippen molar-refractivity contribution in [2.45, 2.75) is 44.0 Å². The molecule has 1 N–H and O–H groups in total. The highest BCUT2D eigenvalue weighted by Gasteiger charge is 2.46. The molecule has 37 heavy (non-hydrogen) atoms. The number of carbonyl (C=O) groups excluding carboxylic acids is 2. The molecule has 1 fully saturated rings. The Balaban J connectivity index is 1.61. The highest BCUT2D eigenvalue weighted by Crippen LogP contribution is 2.50. The van der Waals surface area contributed by atoms with Crippen LogP contribution < -0.4 is 4.72 Å². The summed E-state index contributed by atoms with van der Waals surface area (Å²) in [6.07, 6.45) is 4.66. The number of sulfonamides is 1. The van der Waals surface area contributed by atoms with Crippen LogP contribution in [0.4, 0.5) is 13.2 Å². The number of benzene rings is 2. The molecule has 12 heteroatoms. The lowest BCUT2D eigenvalue weighted by Crippen LogP contribution is -2.30. The first-order valence-corrected chi connectivity index (χ1v) is 13.4. The van der Waals surface area contributed by atoms with E-state index in [0.717, 1.165) is 30.2 Å². The average Bonchev–Trinajstić information content (AvgIpc) is 3.06. The van der Waals surface area contributed by atoms with Crippen molar-refractivity contribution in [2.24, 2.45) is 5.41 Å². The van der Waals surface area contributed by atoms with Crippen molar-refractivity contribution < 1.29 is 31.2 Å². The number of likely N-dealkylation sites (tertiary alicyclic amines) is 1. The predicted octanol–water partition coefficient (Wildman–Crippen LogP) is 5.65. The van der Waals surface area contributed by atoms with E-state index in [-0.39, 0.29) is 31.0 Å². The maximum atomic E-state index is 13.9. The molecular weight excluding hydrogens is 552 g/mol. The van der Waals surface area contributed by atoms with Crippen LogP contribution in [0, 0.1) is 22.9 Å². The molecule has 1 unspecified atom stereocenters. The van der Waals surface area contributed by atoms with Gasteiger partial charge in [-0.2, -0.15) is 0 Å². The molecule has 1 aliphatic heterocycles. The van der Waals surface area contributed by atoms with Crippen LogP contribution in [-0.4, -0.2) is 25.1 Å². The highest BCUT2D eigenvalue weighted by molar-refractivity contribution is 7.90. The second-order valence-corrected chi connectivity index (χ2v) is 11.7. The van der Waals surface area contributed by atoms with E-state index in [2.05, 4.69) is 0 Å². The summed E-state index contributed by atoms with van der Waals surface area (Å²) >= 11 is 12.1. The first-order chi connectivity index (χ1) is 17.3. The van der Waals surface area contributed by atoms with Crippen LogP contribution in [0.25, 0.3) is 0 Å². The molecule has 0 spiro atoms. The second kappa shape index (κ2) is 10.2. The van der Waals surface area contributed by atoms with E-state index < -0.39 is 43.7 Å². The minimum atomic E-state index is -4.82. The number of fused-ring (bicyclic) bond motifs is 1. The van der Waals surface area contributed by atoms with Crippen LogP contribution in [0.15, 0.2) is 58.6 Å². The molecule has 2 aromatic carbocycles. The van der Waals surface area contributed by atoms with Gasteiger partial charge in [0.25, 0.3) is 15.9 Å². The third-order valence-corrected chi connectivity index (χ3v) is 8.52. The maximum Gasteiger partial charge on any atom is 0.267 e. The summed E-state index contributed by atoms with van der Waals surface area (Å²) in [7, 11) is -4.82. The Bertz CT molecular complexity index is 1480. The number of hydrogen-bond donors (Lipinski definition) is 1. The van der Waals surface area contributed by atoms with Crippen molar-refractivity contribution in [1.82, 2.24) is 9.62 Å². The fourth-order valence-corrected chi connectivity index (χ4v) is 6.11. The van der Waals surface area contributed by atoms with Gasteiger partial charge in [-0.1, -0.05) is 42.3 Å². The normalized spacial score (nSPS) is 20.1. The molecule has 6 nitrogen and oxygen atoms in total. The van der Waals surface area contributed by atoms with Crippen LogP contribution in [0.5, 0.6) is 0 Å². The minimum Gasteiger partial charge on any atom is -0.311 e. The summed E-state index contributed by atoms with van der Waals surface area (Å²) < 4.78 is 66.9. The van der Waals surface area contributed by atoms with Crippen molar-refractivity contribution in [3.8, 4) is 0 Å². The average molecular weight is 573 g/mol. The van der Waals surface area contributed by atoms with Gasteiger partial charge in [-0.3, -0.25) is 9.59 Å². The maximum absolute atomic E-state index is 13.9. The number of amides is 2. The number of carbonyl (C=O) groups is 2. The second-order valence-electron chi connectivity index (χ2n) is 9.19. The van der Waals surface area contributed by atoms with Crippen molar-refractivity contribution in [3.63, 3.8) is 0 Å². The molecule has 1 atom stereocenters. The molecule has 0 saturated carbocycles. The summed E-state index contributed by atoms with van der Waals surface area (Å²) in [5.41, 5.74) is 1.69. The van der Waals surface area contributed by atoms with E-state index in [4.69, 9.17) is 23.2 Å². The number of hydrogen-bond acceptors (Lipinski definition) is 4. The van der Waals surface area contributed by atoms with Gasteiger partial charge in [0.05, 0.1) is 16.6 Å². The van der Waals surface area contributed by atoms with Crippen LogP contribution in [0.2, 0.25) is 10.0 Å². The predicted molar refractivity (Wildman–Crippen MR) is 131 cm³/mol. The summed E-state index contributed by atoms with van der Waals surface area (Å²) in [5, 5.41) is 0.731. The third kappa shape index (κ3) is 5.56. The molecule has 4 rings (SSSR count). The van der Waals surface area contributed by atoms with Crippen molar-refractivity contribution in [3.05, 3.63) is 86.8 Å². The monoisotopic (exact) mass is 572 g/mol. The van der Waals surface area contributed by atoms with Gasteiger partial charge in [0.15, 0.2) is 11.6 Å². The molecule has 196 valence electrons. The Morgan fingerprint density at radius 3 is 2.51 bits per heavy atom. The van der Waals surface area contributed by atoms with Gasteiger partial charge in [-0.05, 0) is 42.5 Å². The molecule has 0 bridgehead atoms. The smallest absolute Gasteiger partial charge is 0.267 e. The summed E-state index contributed by atoms with van der Waals surface area (Å²) in [6, 6.07) is 5.30. The first kappa shape index (κ1) is 27.2. The van der Waals surface area contributed by atoms with Gasteiger partial charge >= 0.3 is 0 Å². The quantitative estimate of drug-likeness (QED) is 0.358. The Labute approximate surface area is 221 Å². The lowest BCUT2D eigenvalue weighted by Gasteiger charge is -2.34. The Hall–Kier alpha value is -2.82. The summed E-state index contributed by atoms with van der Waals surface area (Å²) in [6.45, 7) is 2.19. The van der Waals surface area contributed by atoms with Crippen LogP contribution >= 0.6 is 23.2 Å². The summed E-state index contributed by atoms with van der Waals surface area (Å²) in [5.74, 6) is -5.90. The molecule has 1 heterocycles. The van der Waals surface area contributed by atoms with Gasteiger partial charge in [0, 0.05) is 35.7 Å². The van der Waals surface area contributed by atoms with E-state index in [1.165, 1.54) is 6.08 Å². The SMILES string of the molecule is CC12CCCC(/C=C/C(=O)NS(=O)(=O)c3cc(F)c(F)cc3F)=C1N(Cc1ccc(Cl)c(Cl)c1)C(=O)C2. The van der Waals surface area contributed by atoms with E-state index >= 15 is 0 Å². The van der Waals surface area contributed by atoms with Gasteiger partial charge in [-0.25, -0.2) is 26.3 Å². The van der Waals surface area contributed by atoms with Crippen molar-refractivity contribution in [2.75, 3.05) is 0 Å².